The Morgan fingerprint density at radius 2 is 1.82 bits per heavy atom. The minimum atomic E-state index is -0.425. The molecule has 0 spiro atoms. The van der Waals surface area contributed by atoms with Gasteiger partial charge in [-0.2, -0.15) is 5.10 Å². The van der Waals surface area contributed by atoms with E-state index >= 15 is 0 Å². The lowest BCUT2D eigenvalue weighted by Gasteiger charge is -2.11. The Bertz CT molecular complexity index is 1800. The third-order valence-corrected chi connectivity index (χ3v) is 8.22. The van der Waals surface area contributed by atoms with E-state index in [-0.39, 0.29) is 19.0 Å². The summed E-state index contributed by atoms with van der Waals surface area (Å²) in [4.78, 5) is 16.6. The first kappa shape index (κ1) is 32.5. The van der Waals surface area contributed by atoms with E-state index < -0.39 is 5.97 Å². The van der Waals surface area contributed by atoms with Gasteiger partial charge < -0.3 is 24.3 Å². The van der Waals surface area contributed by atoms with E-state index in [1.807, 2.05) is 42.1 Å². The van der Waals surface area contributed by atoms with Crippen LogP contribution in [-0.2, 0) is 35.8 Å². The molecule has 2 heterocycles. The van der Waals surface area contributed by atoms with Gasteiger partial charge in [-0.05, 0) is 80.3 Å². The maximum absolute atomic E-state index is 13.7. The fourth-order valence-corrected chi connectivity index (χ4v) is 6.21. The van der Waals surface area contributed by atoms with E-state index in [0.29, 0.717) is 55.5 Å². The van der Waals surface area contributed by atoms with Crippen LogP contribution in [0.25, 0.3) is 32.8 Å². The summed E-state index contributed by atoms with van der Waals surface area (Å²) in [7, 11) is 1.93. The number of ether oxygens (including phenoxy) is 3. The number of rotatable bonds is 15. The number of benzene rings is 3. The lowest BCUT2D eigenvalue weighted by atomic mass is 9.96. The van der Waals surface area contributed by atoms with Crippen molar-refractivity contribution in [1.29, 1.82) is 0 Å². The molecule has 45 heavy (non-hydrogen) atoms. The highest BCUT2D eigenvalue weighted by Gasteiger charge is 2.26. The summed E-state index contributed by atoms with van der Waals surface area (Å²) in [5.74, 6) is -0.0310. The third-order valence-electron chi connectivity index (χ3n) is 7.90. The first-order chi connectivity index (χ1) is 21.9. The van der Waals surface area contributed by atoms with Crippen molar-refractivity contribution in [3.8, 4) is 16.9 Å². The smallest absolute Gasteiger partial charge is 0.355 e. The lowest BCUT2D eigenvalue weighted by molar-refractivity contribution is 0.0519. The summed E-state index contributed by atoms with van der Waals surface area (Å²) < 4.78 is 32.7. The molecule has 2 N–H and O–H groups in total. The van der Waals surface area contributed by atoms with Gasteiger partial charge in [0.25, 0.3) is 0 Å². The van der Waals surface area contributed by atoms with E-state index in [4.69, 9.17) is 36.0 Å². The Balaban J connectivity index is 1.48. The number of carbonyl (C=O) groups excluding carboxylic acids is 1. The number of nitrogens with one attached hydrogen (secondary N) is 1. The van der Waals surface area contributed by atoms with Gasteiger partial charge in [0.2, 0.25) is 0 Å². The molecule has 5 aromatic rings. The summed E-state index contributed by atoms with van der Waals surface area (Å²) in [6, 6.07) is 14.0. The molecule has 0 atom stereocenters. The highest BCUT2D eigenvalue weighted by atomic mass is 35.5. The number of aromatic nitrogens is 3. The predicted octanol–water partition coefficient (Wildman–Crippen LogP) is 7.21. The molecule has 8 nitrogen and oxygen atoms in total. The van der Waals surface area contributed by atoms with Crippen LogP contribution >= 0.6 is 11.6 Å². The van der Waals surface area contributed by atoms with Crippen LogP contribution in [-0.4, -0.2) is 58.9 Å². The largest absolute Gasteiger partial charge is 0.493 e. The number of hydrogen-bond acceptors (Lipinski definition) is 6. The summed E-state index contributed by atoms with van der Waals surface area (Å²) in [6.45, 7) is 5.31. The molecule has 0 aliphatic heterocycles. The van der Waals surface area contributed by atoms with Crippen LogP contribution in [0.4, 0.5) is 4.39 Å². The number of halogens is 2. The van der Waals surface area contributed by atoms with Crippen LogP contribution in [0.15, 0.2) is 48.5 Å². The third kappa shape index (κ3) is 7.01. The number of aromatic amines is 1. The number of fused-ring (bicyclic) bond motifs is 2. The number of carbonyl (C=O) groups is 1. The Morgan fingerprint density at radius 1 is 1.02 bits per heavy atom. The molecule has 0 unspecified atom stereocenters. The maximum atomic E-state index is 13.7. The number of esters is 1. The van der Waals surface area contributed by atoms with Gasteiger partial charge in [0.15, 0.2) is 0 Å². The SMILES string of the molecule is CCOC(=O)c1[nH]c2c(-c3c(CCCOCCO)nn(C)c3CC)c(Cl)ccc2c1CCCOc1cccc2cc(F)ccc12. The summed E-state index contributed by atoms with van der Waals surface area (Å²) in [5, 5.41) is 16.9. The predicted molar refractivity (Wildman–Crippen MR) is 175 cm³/mol. The average molecular weight is 636 g/mol. The molecule has 0 bridgehead atoms. The highest BCUT2D eigenvalue weighted by Crippen LogP contribution is 2.41. The molecular formula is C35H39ClFN3O5. The lowest BCUT2D eigenvalue weighted by Crippen LogP contribution is -2.09. The maximum Gasteiger partial charge on any atom is 0.355 e. The highest BCUT2D eigenvalue weighted by molar-refractivity contribution is 6.35. The number of hydrogen-bond donors (Lipinski definition) is 2. The Hall–Kier alpha value is -3.92. The van der Waals surface area contributed by atoms with Crippen LogP contribution in [0.1, 0.15) is 54.1 Å². The standard InChI is InChI=1S/C35H39ClFN3O5/c1-4-29-32(28(39-40(29)3)11-8-18-43-20-17-41)31-27(36)16-15-26-25(34(38-33(26)31)35(42)44-5-2)10-7-19-45-30-12-6-9-22-21-23(37)13-14-24(22)30/h6,9,12-16,21,38,41H,4-5,7-8,10-11,17-20H2,1-3H3. The van der Waals surface area contributed by atoms with Crippen molar-refractivity contribution in [3.63, 3.8) is 0 Å². The van der Waals surface area contributed by atoms with Gasteiger partial charge in [-0.15, -0.1) is 0 Å². The second-order valence-corrected chi connectivity index (χ2v) is 11.2. The first-order valence-corrected chi connectivity index (χ1v) is 15.8. The van der Waals surface area contributed by atoms with Crippen molar-refractivity contribution >= 4 is 39.2 Å². The second kappa shape index (κ2) is 14.9. The van der Waals surface area contributed by atoms with E-state index in [2.05, 4.69) is 11.9 Å². The molecule has 238 valence electrons. The molecule has 0 radical (unpaired) electrons. The van der Waals surface area contributed by atoms with Crippen molar-refractivity contribution in [2.45, 2.75) is 46.0 Å². The molecular weight excluding hydrogens is 597 g/mol. The van der Waals surface area contributed by atoms with Crippen LogP contribution in [0.2, 0.25) is 5.02 Å². The summed E-state index contributed by atoms with van der Waals surface area (Å²) >= 11 is 6.94. The molecule has 0 fully saturated rings. The van der Waals surface area contributed by atoms with E-state index in [1.54, 1.807) is 13.0 Å². The molecule has 10 heteroatoms. The zero-order valence-electron chi connectivity index (χ0n) is 25.9. The fourth-order valence-electron chi connectivity index (χ4n) is 5.95. The van der Waals surface area contributed by atoms with Crippen LogP contribution in [0.3, 0.4) is 0 Å². The number of aryl methyl sites for hydroxylation is 3. The zero-order chi connectivity index (χ0) is 31.9. The van der Waals surface area contributed by atoms with Crippen molar-refractivity contribution in [2.24, 2.45) is 7.05 Å². The van der Waals surface area contributed by atoms with Gasteiger partial charge >= 0.3 is 5.97 Å². The Kier molecular flexibility index (Phi) is 10.8. The van der Waals surface area contributed by atoms with E-state index in [1.165, 1.54) is 12.1 Å². The van der Waals surface area contributed by atoms with Gasteiger partial charge in [-0.3, -0.25) is 4.68 Å². The van der Waals surface area contributed by atoms with E-state index in [0.717, 1.165) is 62.6 Å². The van der Waals surface area contributed by atoms with Gasteiger partial charge in [-0.1, -0.05) is 36.7 Å². The van der Waals surface area contributed by atoms with E-state index in [9.17, 15) is 9.18 Å². The van der Waals surface area contributed by atoms with Crippen molar-refractivity contribution in [2.75, 3.05) is 33.0 Å². The molecule has 0 aliphatic carbocycles. The first-order valence-electron chi connectivity index (χ1n) is 15.4. The minimum absolute atomic E-state index is 0.0130. The normalized spacial score (nSPS) is 11.5. The number of H-pyrrole nitrogens is 1. The van der Waals surface area contributed by atoms with Gasteiger partial charge in [-0.25, -0.2) is 9.18 Å². The van der Waals surface area contributed by atoms with Crippen molar-refractivity contribution in [1.82, 2.24) is 14.8 Å². The molecule has 0 amide bonds. The Labute approximate surface area is 267 Å². The van der Waals surface area contributed by atoms with Crippen molar-refractivity contribution in [3.05, 3.63) is 82.0 Å². The quantitative estimate of drug-likeness (QED) is 0.0932. The molecule has 2 aromatic heterocycles. The molecule has 0 saturated carbocycles. The summed E-state index contributed by atoms with van der Waals surface area (Å²) in [6.07, 6.45) is 3.32. The average Bonchev–Trinajstić information content (AvgIpc) is 3.55. The van der Waals surface area contributed by atoms with Crippen LogP contribution < -0.4 is 4.74 Å². The topological polar surface area (TPSA) is 98.6 Å². The molecule has 5 rings (SSSR count). The zero-order valence-corrected chi connectivity index (χ0v) is 26.7. The number of nitrogens with zero attached hydrogens (tertiary/aromatic N) is 2. The second-order valence-electron chi connectivity index (χ2n) is 10.8. The number of aliphatic hydroxyl groups excluding tert-OH is 1. The molecule has 0 aliphatic rings. The number of aliphatic hydroxyl groups is 1. The fraction of sp³-hybridized carbons (Fsp3) is 0.371. The molecule has 0 saturated heterocycles. The minimum Gasteiger partial charge on any atom is -0.493 e. The van der Waals surface area contributed by atoms with Crippen molar-refractivity contribution < 1.29 is 28.5 Å². The van der Waals surface area contributed by atoms with Gasteiger partial charge in [0.05, 0.1) is 42.7 Å². The summed E-state index contributed by atoms with van der Waals surface area (Å²) in [5.41, 5.74) is 5.69. The Morgan fingerprint density at radius 3 is 2.60 bits per heavy atom. The monoisotopic (exact) mass is 635 g/mol. The van der Waals surface area contributed by atoms with Gasteiger partial charge in [0.1, 0.15) is 17.3 Å². The van der Waals surface area contributed by atoms with Crippen LogP contribution in [0, 0.1) is 5.82 Å². The van der Waals surface area contributed by atoms with Gasteiger partial charge in [0, 0.05) is 41.2 Å². The molecule has 3 aromatic carbocycles. The van der Waals surface area contributed by atoms with Crippen LogP contribution in [0.5, 0.6) is 5.75 Å².